The number of hydrogen-bond acceptors (Lipinski definition) is 4. The van der Waals surface area contributed by atoms with Crippen molar-refractivity contribution in [1.29, 1.82) is 0 Å². The molecular formula is C16H14FN3O3. The molecule has 7 heteroatoms. The van der Waals surface area contributed by atoms with Crippen LogP contribution in [0, 0.1) is 12.7 Å². The number of rotatable bonds is 2. The van der Waals surface area contributed by atoms with Crippen molar-refractivity contribution in [3.05, 3.63) is 58.1 Å². The van der Waals surface area contributed by atoms with Crippen molar-refractivity contribution in [3.8, 4) is 0 Å². The lowest BCUT2D eigenvalue weighted by Gasteiger charge is -2.17. The van der Waals surface area contributed by atoms with Gasteiger partial charge in [-0.15, -0.1) is 0 Å². The summed E-state index contributed by atoms with van der Waals surface area (Å²) in [5.74, 6) is -0.495. The molecule has 0 bridgehead atoms. The molecule has 0 aliphatic carbocycles. The molecule has 3 rings (SSSR count). The summed E-state index contributed by atoms with van der Waals surface area (Å²) in [6.07, 6.45) is 1.34. The molecule has 0 fully saturated rings. The van der Waals surface area contributed by atoms with Crippen molar-refractivity contribution in [1.82, 2.24) is 9.55 Å². The van der Waals surface area contributed by atoms with Gasteiger partial charge in [0, 0.05) is 19.8 Å². The standard InChI is InChI=1S/C16H14FN3O3/c1-9-12(13-14(23-9)18-8-19(2)15(13)21)16(22)20(3)11-6-4-10(17)5-7-11/h4-8H,1-3H3. The molecule has 0 saturated carbocycles. The fourth-order valence-electron chi connectivity index (χ4n) is 2.39. The number of hydrogen-bond donors (Lipinski definition) is 0. The molecule has 23 heavy (non-hydrogen) atoms. The van der Waals surface area contributed by atoms with E-state index in [4.69, 9.17) is 4.42 Å². The van der Waals surface area contributed by atoms with Gasteiger partial charge in [-0.3, -0.25) is 9.59 Å². The van der Waals surface area contributed by atoms with Crippen LogP contribution in [0.5, 0.6) is 0 Å². The maximum atomic E-state index is 13.0. The third kappa shape index (κ3) is 2.40. The Morgan fingerprint density at radius 2 is 1.96 bits per heavy atom. The van der Waals surface area contributed by atoms with Crippen LogP contribution in [0.2, 0.25) is 0 Å². The topological polar surface area (TPSA) is 68.3 Å². The van der Waals surface area contributed by atoms with E-state index in [9.17, 15) is 14.0 Å². The van der Waals surface area contributed by atoms with Crippen LogP contribution in [0.15, 0.2) is 39.8 Å². The van der Waals surface area contributed by atoms with E-state index in [2.05, 4.69) is 4.98 Å². The number of furan rings is 1. The van der Waals surface area contributed by atoms with Gasteiger partial charge in [-0.2, -0.15) is 0 Å². The molecule has 0 N–H and O–H groups in total. The highest BCUT2D eigenvalue weighted by molar-refractivity contribution is 6.13. The van der Waals surface area contributed by atoms with Crippen LogP contribution in [0.3, 0.4) is 0 Å². The van der Waals surface area contributed by atoms with Gasteiger partial charge in [0.25, 0.3) is 11.5 Å². The minimum atomic E-state index is -0.419. The van der Waals surface area contributed by atoms with Crippen LogP contribution in [0.4, 0.5) is 10.1 Å². The van der Waals surface area contributed by atoms with Crippen LogP contribution in [0.1, 0.15) is 16.1 Å². The smallest absolute Gasteiger partial charge is 0.265 e. The van der Waals surface area contributed by atoms with Gasteiger partial charge in [0.1, 0.15) is 23.3 Å². The predicted molar refractivity (Wildman–Crippen MR) is 83.1 cm³/mol. The Morgan fingerprint density at radius 1 is 1.30 bits per heavy atom. The number of amides is 1. The lowest BCUT2D eigenvalue weighted by Crippen LogP contribution is -2.28. The van der Waals surface area contributed by atoms with Crippen LogP contribution in [0.25, 0.3) is 11.1 Å². The average Bonchev–Trinajstić information content (AvgIpc) is 2.87. The quantitative estimate of drug-likeness (QED) is 0.727. The molecule has 0 spiro atoms. The Hall–Kier alpha value is -2.96. The molecule has 3 aromatic rings. The number of halogens is 1. The minimum Gasteiger partial charge on any atom is -0.442 e. The Kier molecular flexibility index (Phi) is 3.48. The lowest BCUT2D eigenvalue weighted by atomic mass is 10.1. The van der Waals surface area contributed by atoms with Crippen LogP contribution >= 0.6 is 0 Å². The molecular weight excluding hydrogens is 301 g/mol. The number of nitrogens with zero attached hydrogens (tertiary/aromatic N) is 3. The van der Waals surface area contributed by atoms with Crippen molar-refractivity contribution in [2.24, 2.45) is 7.05 Å². The van der Waals surface area contributed by atoms with E-state index in [1.165, 1.54) is 40.1 Å². The summed E-state index contributed by atoms with van der Waals surface area (Å²) in [5, 5.41) is 0.145. The first-order chi connectivity index (χ1) is 10.9. The summed E-state index contributed by atoms with van der Waals surface area (Å²) in [7, 11) is 3.10. The second-order valence-electron chi connectivity index (χ2n) is 5.21. The van der Waals surface area contributed by atoms with Crippen molar-refractivity contribution >= 4 is 22.7 Å². The summed E-state index contributed by atoms with van der Waals surface area (Å²) < 4.78 is 19.7. The Bertz CT molecular complexity index is 957. The molecule has 0 atom stereocenters. The van der Waals surface area contributed by atoms with Gasteiger partial charge in [-0.25, -0.2) is 9.37 Å². The predicted octanol–water partition coefficient (Wildman–Crippen LogP) is 2.25. The Balaban J connectivity index is 2.14. The normalized spacial score (nSPS) is 11.0. The number of carbonyl (C=O) groups is 1. The number of carbonyl (C=O) groups excluding carboxylic acids is 1. The number of fused-ring (bicyclic) bond motifs is 1. The van der Waals surface area contributed by atoms with Crippen LogP contribution < -0.4 is 10.5 Å². The third-order valence-electron chi connectivity index (χ3n) is 3.68. The van der Waals surface area contributed by atoms with Crippen LogP contribution in [-0.4, -0.2) is 22.5 Å². The first-order valence-corrected chi connectivity index (χ1v) is 6.88. The van der Waals surface area contributed by atoms with E-state index in [-0.39, 0.29) is 22.2 Å². The van der Waals surface area contributed by atoms with E-state index in [0.29, 0.717) is 11.4 Å². The van der Waals surface area contributed by atoms with Gasteiger partial charge in [0.2, 0.25) is 5.71 Å². The van der Waals surface area contributed by atoms with Crippen molar-refractivity contribution < 1.29 is 13.6 Å². The van der Waals surface area contributed by atoms with Gasteiger partial charge in [-0.05, 0) is 31.2 Å². The zero-order valence-electron chi connectivity index (χ0n) is 12.8. The molecule has 0 aliphatic rings. The van der Waals surface area contributed by atoms with E-state index < -0.39 is 11.7 Å². The van der Waals surface area contributed by atoms with Gasteiger partial charge in [0.15, 0.2) is 0 Å². The summed E-state index contributed by atoms with van der Waals surface area (Å²) >= 11 is 0. The molecule has 2 aromatic heterocycles. The first kappa shape index (κ1) is 15.0. The number of aromatic nitrogens is 2. The largest absolute Gasteiger partial charge is 0.442 e. The average molecular weight is 315 g/mol. The monoisotopic (exact) mass is 315 g/mol. The summed E-state index contributed by atoms with van der Waals surface area (Å²) in [4.78, 5) is 30.5. The summed E-state index contributed by atoms with van der Waals surface area (Å²) in [6, 6.07) is 5.50. The number of benzene rings is 1. The SMILES string of the molecule is Cc1oc2ncn(C)c(=O)c2c1C(=O)N(C)c1ccc(F)cc1. The molecule has 0 aliphatic heterocycles. The second kappa shape index (κ2) is 5.35. The third-order valence-corrected chi connectivity index (χ3v) is 3.68. The zero-order chi connectivity index (χ0) is 16.7. The van der Waals surface area contributed by atoms with Gasteiger partial charge in [0.05, 0.1) is 5.56 Å². The summed E-state index contributed by atoms with van der Waals surface area (Å²) in [6.45, 7) is 1.60. The lowest BCUT2D eigenvalue weighted by molar-refractivity contribution is 0.0993. The molecule has 2 heterocycles. The van der Waals surface area contributed by atoms with Gasteiger partial charge >= 0.3 is 0 Å². The highest BCUT2D eigenvalue weighted by Gasteiger charge is 2.25. The van der Waals surface area contributed by atoms with Gasteiger partial charge in [-0.1, -0.05) is 0 Å². The zero-order valence-corrected chi connectivity index (χ0v) is 12.8. The first-order valence-electron chi connectivity index (χ1n) is 6.88. The number of anilines is 1. The summed E-state index contributed by atoms with van der Waals surface area (Å²) in [5.41, 5.74) is 0.440. The number of aryl methyl sites for hydroxylation is 2. The Labute approximate surface area is 130 Å². The van der Waals surface area contributed by atoms with E-state index in [1.807, 2.05) is 0 Å². The molecule has 6 nitrogen and oxygen atoms in total. The van der Waals surface area contributed by atoms with Crippen molar-refractivity contribution in [2.75, 3.05) is 11.9 Å². The van der Waals surface area contributed by atoms with Crippen molar-refractivity contribution in [2.45, 2.75) is 6.92 Å². The van der Waals surface area contributed by atoms with E-state index in [0.717, 1.165) is 0 Å². The molecule has 0 radical (unpaired) electrons. The maximum Gasteiger partial charge on any atom is 0.265 e. The second-order valence-corrected chi connectivity index (χ2v) is 5.21. The highest BCUT2D eigenvalue weighted by atomic mass is 19.1. The van der Waals surface area contributed by atoms with E-state index in [1.54, 1.807) is 21.0 Å². The molecule has 0 saturated heterocycles. The Morgan fingerprint density at radius 3 is 2.61 bits per heavy atom. The molecule has 1 aromatic carbocycles. The van der Waals surface area contributed by atoms with Crippen LogP contribution in [-0.2, 0) is 7.05 Å². The minimum absolute atomic E-state index is 0.126. The van der Waals surface area contributed by atoms with E-state index >= 15 is 0 Å². The maximum absolute atomic E-state index is 13.0. The molecule has 1 amide bonds. The fraction of sp³-hybridized carbons (Fsp3) is 0.188. The van der Waals surface area contributed by atoms with Gasteiger partial charge < -0.3 is 13.9 Å². The molecule has 0 unspecified atom stereocenters. The highest BCUT2D eigenvalue weighted by Crippen LogP contribution is 2.24. The fourth-order valence-corrected chi connectivity index (χ4v) is 2.39. The molecule has 118 valence electrons. The van der Waals surface area contributed by atoms with Crippen molar-refractivity contribution in [3.63, 3.8) is 0 Å².